The van der Waals surface area contributed by atoms with E-state index in [1.807, 2.05) is 43.3 Å². The Balaban J connectivity index is 2.45. The van der Waals surface area contributed by atoms with Gasteiger partial charge in [0, 0.05) is 0 Å². The molecule has 2 rings (SSSR count). The molecule has 110 valence electrons. The minimum Gasteiger partial charge on any atom is -0.463 e. The molecule has 1 aromatic rings. The van der Waals surface area contributed by atoms with Crippen molar-refractivity contribution in [1.82, 2.24) is 5.32 Å². The predicted octanol–water partition coefficient (Wildman–Crippen LogP) is 2.67. The number of allylic oxidation sites excluding steroid dienone is 1. The SMILES string of the molecule is C/C=C/[C@H]1CC(C(=O)OCC)=C(c2ccccc2)NC1=O. The number of carbonyl (C=O) groups excluding carboxylic acids is 2. The molecule has 1 aliphatic heterocycles. The summed E-state index contributed by atoms with van der Waals surface area (Å²) in [6.07, 6.45) is 3.98. The third kappa shape index (κ3) is 3.40. The summed E-state index contributed by atoms with van der Waals surface area (Å²) in [6, 6.07) is 9.36. The van der Waals surface area contributed by atoms with Gasteiger partial charge in [-0.05, 0) is 25.8 Å². The van der Waals surface area contributed by atoms with E-state index in [2.05, 4.69) is 5.32 Å². The molecule has 0 saturated carbocycles. The van der Waals surface area contributed by atoms with Crippen molar-refractivity contribution in [3.63, 3.8) is 0 Å². The van der Waals surface area contributed by atoms with Gasteiger partial charge in [-0.3, -0.25) is 4.79 Å². The average molecular weight is 285 g/mol. The van der Waals surface area contributed by atoms with E-state index in [1.165, 1.54) is 0 Å². The Morgan fingerprint density at radius 3 is 2.71 bits per heavy atom. The molecule has 1 N–H and O–H groups in total. The lowest BCUT2D eigenvalue weighted by Gasteiger charge is -2.25. The Morgan fingerprint density at radius 2 is 2.10 bits per heavy atom. The molecule has 0 aliphatic carbocycles. The van der Waals surface area contributed by atoms with Crippen LogP contribution in [0.25, 0.3) is 5.70 Å². The van der Waals surface area contributed by atoms with Gasteiger partial charge in [0.15, 0.2) is 0 Å². The zero-order valence-corrected chi connectivity index (χ0v) is 12.3. The van der Waals surface area contributed by atoms with Gasteiger partial charge < -0.3 is 10.1 Å². The minimum atomic E-state index is -0.370. The summed E-state index contributed by atoms with van der Waals surface area (Å²) in [5.74, 6) is -0.798. The summed E-state index contributed by atoms with van der Waals surface area (Å²) in [4.78, 5) is 24.3. The van der Waals surface area contributed by atoms with Crippen LogP contribution in [0.5, 0.6) is 0 Å². The quantitative estimate of drug-likeness (QED) is 0.683. The predicted molar refractivity (Wildman–Crippen MR) is 81.1 cm³/mol. The highest BCUT2D eigenvalue weighted by Gasteiger charge is 2.30. The first-order valence-corrected chi connectivity index (χ1v) is 7.06. The Hall–Kier alpha value is -2.36. The summed E-state index contributed by atoms with van der Waals surface area (Å²) >= 11 is 0. The molecule has 0 aromatic heterocycles. The van der Waals surface area contributed by atoms with Gasteiger partial charge in [-0.25, -0.2) is 4.79 Å². The molecule has 0 radical (unpaired) electrons. The first-order chi connectivity index (χ1) is 10.2. The normalized spacial score (nSPS) is 18.8. The van der Waals surface area contributed by atoms with E-state index in [0.29, 0.717) is 24.3 Å². The second-order valence-corrected chi connectivity index (χ2v) is 4.77. The smallest absolute Gasteiger partial charge is 0.336 e. The van der Waals surface area contributed by atoms with Crippen LogP contribution in [0.4, 0.5) is 0 Å². The van der Waals surface area contributed by atoms with E-state index in [0.717, 1.165) is 5.56 Å². The molecule has 4 heteroatoms. The summed E-state index contributed by atoms with van der Waals surface area (Å²) in [6.45, 7) is 3.94. The summed E-state index contributed by atoms with van der Waals surface area (Å²) in [5, 5.41) is 2.85. The van der Waals surface area contributed by atoms with Crippen LogP contribution in [0.15, 0.2) is 48.1 Å². The average Bonchev–Trinajstić information content (AvgIpc) is 2.50. The lowest BCUT2D eigenvalue weighted by atomic mass is 9.90. The zero-order valence-electron chi connectivity index (χ0n) is 12.3. The maximum atomic E-state index is 12.2. The summed E-state index contributed by atoms with van der Waals surface area (Å²) < 4.78 is 5.12. The van der Waals surface area contributed by atoms with Crippen molar-refractivity contribution in [1.29, 1.82) is 0 Å². The maximum absolute atomic E-state index is 12.2. The third-order valence-electron chi connectivity index (χ3n) is 3.32. The number of rotatable bonds is 4. The number of benzene rings is 1. The van der Waals surface area contributed by atoms with Crippen molar-refractivity contribution in [2.75, 3.05) is 6.61 Å². The van der Waals surface area contributed by atoms with Gasteiger partial charge in [-0.15, -0.1) is 0 Å². The van der Waals surface area contributed by atoms with Crippen LogP contribution in [-0.2, 0) is 14.3 Å². The number of carbonyl (C=O) groups is 2. The highest BCUT2D eigenvalue weighted by atomic mass is 16.5. The van der Waals surface area contributed by atoms with Crippen molar-refractivity contribution in [2.45, 2.75) is 20.3 Å². The van der Waals surface area contributed by atoms with Crippen molar-refractivity contribution in [2.24, 2.45) is 5.92 Å². The molecule has 1 aliphatic rings. The monoisotopic (exact) mass is 285 g/mol. The van der Waals surface area contributed by atoms with Crippen molar-refractivity contribution < 1.29 is 14.3 Å². The van der Waals surface area contributed by atoms with E-state index < -0.39 is 0 Å². The van der Waals surface area contributed by atoms with Crippen molar-refractivity contribution >= 4 is 17.6 Å². The Morgan fingerprint density at radius 1 is 1.38 bits per heavy atom. The molecule has 0 spiro atoms. The molecule has 1 aromatic carbocycles. The van der Waals surface area contributed by atoms with Gasteiger partial charge in [0.1, 0.15) is 0 Å². The van der Waals surface area contributed by atoms with E-state index in [9.17, 15) is 9.59 Å². The van der Waals surface area contributed by atoms with Crippen LogP contribution < -0.4 is 5.32 Å². The summed E-state index contributed by atoms with van der Waals surface area (Å²) in [5.41, 5.74) is 1.89. The highest BCUT2D eigenvalue weighted by Crippen LogP contribution is 2.28. The second-order valence-electron chi connectivity index (χ2n) is 4.77. The largest absolute Gasteiger partial charge is 0.463 e. The van der Waals surface area contributed by atoms with Gasteiger partial charge in [-0.2, -0.15) is 0 Å². The number of esters is 1. The number of ether oxygens (including phenoxy) is 1. The number of nitrogens with one attached hydrogen (secondary N) is 1. The Kier molecular flexibility index (Phi) is 4.93. The van der Waals surface area contributed by atoms with Crippen LogP contribution in [0, 0.1) is 5.92 Å². The van der Waals surface area contributed by atoms with Crippen LogP contribution in [0.3, 0.4) is 0 Å². The molecule has 1 amide bonds. The van der Waals surface area contributed by atoms with Gasteiger partial charge in [0.2, 0.25) is 5.91 Å². The number of hydrogen-bond acceptors (Lipinski definition) is 3. The number of amides is 1. The molecule has 0 unspecified atom stereocenters. The first-order valence-electron chi connectivity index (χ1n) is 7.06. The molecule has 4 nitrogen and oxygen atoms in total. The maximum Gasteiger partial charge on any atom is 0.336 e. The van der Waals surface area contributed by atoms with Crippen LogP contribution in [0.1, 0.15) is 25.8 Å². The fraction of sp³-hybridized carbons (Fsp3) is 0.294. The Bertz CT molecular complexity index is 587. The highest BCUT2D eigenvalue weighted by molar-refractivity contribution is 6.04. The molecular weight excluding hydrogens is 266 g/mol. The lowest BCUT2D eigenvalue weighted by molar-refractivity contribution is -0.138. The van der Waals surface area contributed by atoms with Gasteiger partial charge >= 0.3 is 5.97 Å². The van der Waals surface area contributed by atoms with Crippen molar-refractivity contribution in [3.8, 4) is 0 Å². The van der Waals surface area contributed by atoms with E-state index in [4.69, 9.17) is 4.74 Å². The molecule has 0 fully saturated rings. The molecule has 0 bridgehead atoms. The standard InChI is InChI=1S/C17H19NO3/c1-3-8-13-11-14(17(20)21-4-2)15(18-16(13)19)12-9-6-5-7-10-12/h3,5-10,13H,4,11H2,1-2H3,(H,18,19)/b8-3+/t13-/m0/s1. The fourth-order valence-electron chi connectivity index (χ4n) is 2.35. The number of hydrogen-bond donors (Lipinski definition) is 1. The van der Waals surface area contributed by atoms with Crippen LogP contribution in [-0.4, -0.2) is 18.5 Å². The van der Waals surface area contributed by atoms with Gasteiger partial charge in [-0.1, -0.05) is 42.5 Å². The van der Waals surface area contributed by atoms with Crippen LogP contribution in [0.2, 0.25) is 0 Å². The van der Waals surface area contributed by atoms with E-state index in [-0.39, 0.29) is 17.8 Å². The Labute approximate surface area is 124 Å². The van der Waals surface area contributed by atoms with Crippen LogP contribution >= 0.6 is 0 Å². The first kappa shape index (κ1) is 15.0. The minimum absolute atomic E-state index is 0.0972. The molecule has 1 heterocycles. The topological polar surface area (TPSA) is 55.4 Å². The van der Waals surface area contributed by atoms with E-state index in [1.54, 1.807) is 13.0 Å². The molecule has 21 heavy (non-hydrogen) atoms. The van der Waals surface area contributed by atoms with Crippen molar-refractivity contribution in [3.05, 3.63) is 53.6 Å². The lowest BCUT2D eigenvalue weighted by Crippen LogP contribution is -2.36. The molecule has 0 saturated heterocycles. The second kappa shape index (κ2) is 6.88. The molecular formula is C17H19NO3. The van der Waals surface area contributed by atoms with Gasteiger partial charge in [0.05, 0.1) is 23.8 Å². The van der Waals surface area contributed by atoms with Gasteiger partial charge in [0.25, 0.3) is 0 Å². The third-order valence-corrected chi connectivity index (χ3v) is 3.32. The fourth-order valence-corrected chi connectivity index (χ4v) is 2.35. The zero-order chi connectivity index (χ0) is 15.2. The molecule has 1 atom stereocenters. The summed E-state index contributed by atoms with van der Waals surface area (Å²) in [7, 11) is 0. The van der Waals surface area contributed by atoms with E-state index >= 15 is 0 Å².